The van der Waals surface area contributed by atoms with Gasteiger partial charge in [0, 0.05) is 11.6 Å². The highest BCUT2D eigenvalue weighted by molar-refractivity contribution is 7.92. The summed E-state index contributed by atoms with van der Waals surface area (Å²) in [6.07, 6.45) is 0.662. The zero-order valence-corrected chi connectivity index (χ0v) is 22.9. The summed E-state index contributed by atoms with van der Waals surface area (Å²) in [5.74, 6) is -0.940. The van der Waals surface area contributed by atoms with E-state index in [-0.39, 0.29) is 22.1 Å². The lowest BCUT2D eigenvalue weighted by molar-refractivity contribution is -0.114. The van der Waals surface area contributed by atoms with Gasteiger partial charge in [-0.05, 0) is 73.0 Å². The molecule has 0 atom stereocenters. The maximum atomic E-state index is 13.6. The van der Waals surface area contributed by atoms with Crippen LogP contribution in [-0.2, 0) is 21.2 Å². The van der Waals surface area contributed by atoms with Gasteiger partial charge in [0.1, 0.15) is 6.54 Å². The molecule has 0 saturated carbocycles. The molecule has 4 aromatic carbocycles. The highest BCUT2D eigenvalue weighted by atomic mass is 35.5. The summed E-state index contributed by atoms with van der Waals surface area (Å²) < 4.78 is 28.2. The van der Waals surface area contributed by atoms with Crippen LogP contribution in [0, 0.1) is 6.92 Å². The molecule has 4 rings (SSSR count). The van der Waals surface area contributed by atoms with Gasteiger partial charge in [0.05, 0.1) is 21.8 Å². The second-order valence-corrected chi connectivity index (χ2v) is 11.2. The molecule has 2 amide bonds. The van der Waals surface area contributed by atoms with Crippen molar-refractivity contribution in [2.75, 3.05) is 22.7 Å². The predicted octanol–water partition coefficient (Wildman–Crippen LogP) is 5.45. The summed E-state index contributed by atoms with van der Waals surface area (Å²) in [5, 5.41) is 5.99. The normalized spacial score (nSPS) is 11.0. The first-order valence-corrected chi connectivity index (χ1v) is 14.1. The maximum absolute atomic E-state index is 13.6. The van der Waals surface area contributed by atoms with Crippen LogP contribution in [0.3, 0.4) is 0 Å². The predicted molar refractivity (Wildman–Crippen MR) is 155 cm³/mol. The molecule has 200 valence electrons. The lowest BCUT2D eigenvalue weighted by Crippen LogP contribution is -2.38. The number of amides is 2. The fourth-order valence-electron chi connectivity index (χ4n) is 4.00. The summed E-state index contributed by atoms with van der Waals surface area (Å²) in [7, 11) is -4.11. The van der Waals surface area contributed by atoms with Crippen LogP contribution in [0.25, 0.3) is 0 Å². The monoisotopic (exact) mass is 561 g/mol. The van der Waals surface area contributed by atoms with Crippen LogP contribution in [0.2, 0.25) is 5.02 Å². The Kier molecular flexibility index (Phi) is 9.01. The smallest absolute Gasteiger partial charge is 0.264 e. The quantitative estimate of drug-likeness (QED) is 0.269. The summed E-state index contributed by atoms with van der Waals surface area (Å²) in [6.45, 7) is 1.76. The van der Waals surface area contributed by atoms with Gasteiger partial charge >= 0.3 is 0 Å². The van der Waals surface area contributed by atoms with E-state index in [0.717, 1.165) is 15.4 Å². The van der Waals surface area contributed by atoms with Gasteiger partial charge in [0.15, 0.2) is 0 Å². The molecule has 0 unspecified atom stereocenters. The van der Waals surface area contributed by atoms with Crippen molar-refractivity contribution >= 4 is 44.8 Å². The van der Waals surface area contributed by atoms with Gasteiger partial charge in [-0.15, -0.1) is 0 Å². The Morgan fingerprint density at radius 3 is 2.26 bits per heavy atom. The number of carbonyl (C=O) groups is 2. The van der Waals surface area contributed by atoms with Crippen LogP contribution in [0.15, 0.2) is 108 Å². The lowest BCUT2D eigenvalue weighted by Gasteiger charge is -2.24. The molecule has 0 radical (unpaired) electrons. The molecule has 9 heteroatoms. The highest BCUT2D eigenvalue weighted by Crippen LogP contribution is 2.26. The van der Waals surface area contributed by atoms with E-state index < -0.39 is 22.5 Å². The molecule has 2 N–H and O–H groups in total. The number of hydrogen-bond donors (Lipinski definition) is 2. The van der Waals surface area contributed by atoms with Crippen LogP contribution < -0.4 is 14.9 Å². The van der Waals surface area contributed by atoms with Gasteiger partial charge in [-0.3, -0.25) is 13.9 Å². The van der Waals surface area contributed by atoms with E-state index in [9.17, 15) is 18.0 Å². The van der Waals surface area contributed by atoms with Crippen LogP contribution in [-0.4, -0.2) is 33.3 Å². The second-order valence-electron chi connectivity index (χ2n) is 8.89. The number of halogens is 1. The Bertz CT molecular complexity index is 1560. The minimum Gasteiger partial charge on any atom is -0.352 e. The van der Waals surface area contributed by atoms with Crippen LogP contribution in [0.5, 0.6) is 0 Å². The number of hydrogen-bond acceptors (Lipinski definition) is 4. The minimum absolute atomic E-state index is 0.000555. The SMILES string of the molecule is Cc1cccc(N(CC(=O)Nc2ccccc2C(=O)NCCc2ccccc2)S(=O)(=O)c2ccc(Cl)cc2)c1. The number of sulfonamides is 1. The molecule has 0 spiro atoms. The molecule has 0 aromatic heterocycles. The largest absolute Gasteiger partial charge is 0.352 e. The molecular weight excluding hydrogens is 534 g/mol. The average Bonchev–Trinajstić information content (AvgIpc) is 2.93. The molecule has 7 nitrogen and oxygen atoms in total. The van der Waals surface area contributed by atoms with Crippen molar-refractivity contribution in [1.29, 1.82) is 0 Å². The van der Waals surface area contributed by atoms with Crippen molar-refractivity contribution in [2.24, 2.45) is 0 Å². The summed E-state index contributed by atoms with van der Waals surface area (Å²) in [4.78, 5) is 26.1. The van der Waals surface area contributed by atoms with Crippen molar-refractivity contribution < 1.29 is 18.0 Å². The van der Waals surface area contributed by atoms with E-state index in [1.165, 1.54) is 24.3 Å². The fraction of sp³-hybridized carbons (Fsp3) is 0.133. The molecule has 4 aromatic rings. The molecule has 0 heterocycles. The van der Waals surface area contributed by atoms with Crippen molar-refractivity contribution in [3.05, 3.63) is 125 Å². The maximum Gasteiger partial charge on any atom is 0.264 e. The number of benzene rings is 4. The van der Waals surface area contributed by atoms with E-state index in [4.69, 9.17) is 11.6 Å². The van der Waals surface area contributed by atoms with E-state index in [1.807, 2.05) is 43.3 Å². The zero-order chi connectivity index (χ0) is 27.8. The standard InChI is InChI=1S/C30H28ClN3O4S/c1-22-8-7-11-25(20-22)34(39(37,38)26-16-14-24(31)15-17-26)21-29(35)33-28-13-6-5-12-27(28)30(36)32-19-18-23-9-3-2-4-10-23/h2-17,20H,18-19,21H2,1H3,(H,32,36)(H,33,35). The first-order chi connectivity index (χ1) is 18.7. The Morgan fingerprint density at radius 1 is 0.846 bits per heavy atom. The van der Waals surface area contributed by atoms with Crippen LogP contribution in [0.4, 0.5) is 11.4 Å². The molecule has 0 aliphatic rings. The van der Waals surface area contributed by atoms with E-state index in [1.54, 1.807) is 42.5 Å². The number of aryl methyl sites for hydroxylation is 1. The third-order valence-corrected chi connectivity index (χ3v) is 8.01. The summed E-state index contributed by atoms with van der Waals surface area (Å²) in [6, 6.07) is 29.0. The first-order valence-electron chi connectivity index (χ1n) is 12.3. The van der Waals surface area contributed by atoms with Gasteiger partial charge in [-0.2, -0.15) is 0 Å². The van der Waals surface area contributed by atoms with Crippen molar-refractivity contribution in [2.45, 2.75) is 18.2 Å². The topological polar surface area (TPSA) is 95.6 Å². The molecular formula is C30H28ClN3O4S. The first kappa shape index (κ1) is 27.9. The molecule has 0 aliphatic heterocycles. The third kappa shape index (κ3) is 7.25. The second kappa shape index (κ2) is 12.6. The van der Waals surface area contributed by atoms with Gasteiger partial charge in [-0.25, -0.2) is 8.42 Å². The summed E-state index contributed by atoms with van der Waals surface area (Å²) in [5.41, 5.74) is 2.83. The van der Waals surface area contributed by atoms with E-state index in [2.05, 4.69) is 10.6 Å². The molecule has 0 bridgehead atoms. The minimum atomic E-state index is -4.11. The third-order valence-electron chi connectivity index (χ3n) is 5.97. The molecule has 0 fully saturated rings. The molecule has 39 heavy (non-hydrogen) atoms. The van der Waals surface area contributed by atoms with Gasteiger partial charge in [-0.1, -0.05) is 66.2 Å². The molecule has 0 aliphatic carbocycles. The van der Waals surface area contributed by atoms with Crippen molar-refractivity contribution in [3.63, 3.8) is 0 Å². The Labute approximate surface area is 233 Å². The fourth-order valence-corrected chi connectivity index (χ4v) is 5.54. The van der Waals surface area contributed by atoms with E-state index in [0.29, 0.717) is 23.7 Å². The van der Waals surface area contributed by atoms with Gasteiger partial charge < -0.3 is 10.6 Å². The van der Waals surface area contributed by atoms with Crippen molar-refractivity contribution in [1.82, 2.24) is 5.32 Å². The highest BCUT2D eigenvalue weighted by Gasteiger charge is 2.28. The Balaban J connectivity index is 1.52. The zero-order valence-electron chi connectivity index (χ0n) is 21.3. The van der Waals surface area contributed by atoms with Crippen LogP contribution >= 0.6 is 11.6 Å². The average molecular weight is 562 g/mol. The Hall–Kier alpha value is -4.14. The van der Waals surface area contributed by atoms with Crippen molar-refractivity contribution in [3.8, 4) is 0 Å². The summed E-state index contributed by atoms with van der Waals surface area (Å²) >= 11 is 5.95. The number of nitrogens with one attached hydrogen (secondary N) is 2. The van der Waals surface area contributed by atoms with Crippen LogP contribution in [0.1, 0.15) is 21.5 Å². The number of anilines is 2. The number of nitrogens with zero attached hydrogens (tertiary/aromatic N) is 1. The van der Waals surface area contributed by atoms with Gasteiger partial charge in [0.25, 0.3) is 15.9 Å². The number of carbonyl (C=O) groups excluding carboxylic acids is 2. The lowest BCUT2D eigenvalue weighted by atomic mass is 10.1. The number of rotatable bonds is 10. The van der Waals surface area contributed by atoms with Gasteiger partial charge in [0.2, 0.25) is 5.91 Å². The Morgan fingerprint density at radius 2 is 1.54 bits per heavy atom. The molecule has 0 saturated heterocycles. The number of para-hydroxylation sites is 1. The van der Waals surface area contributed by atoms with E-state index >= 15 is 0 Å².